The van der Waals surface area contributed by atoms with Crippen molar-refractivity contribution in [3.05, 3.63) is 71.8 Å². The van der Waals surface area contributed by atoms with Gasteiger partial charge in [-0.1, -0.05) is 48.5 Å². The molecule has 2 atom stereocenters. The van der Waals surface area contributed by atoms with Crippen molar-refractivity contribution in [1.82, 2.24) is 5.32 Å². The first-order valence-corrected chi connectivity index (χ1v) is 11.5. The van der Waals surface area contributed by atoms with Crippen LogP contribution in [0.2, 0.25) is 0 Å². The lowest BCUT2D eigenvalue weighted by atomic mass is 10.0. The summed E-state index contributed by atoms with van der Waals surface area (Å²) in [4.78, 5) is 11.5. The minimum Gasteiger partial charge on any atom is -0.494 e. The first kappa shape index (κ1) is 20.1. The summed E-state index contributed by atoms with van der Waals surface area (Å²) in [6, 6.07) is 21.4. The minimum atomic E-state index is 0.0917. The van der Waals surface area contributed by atoms with Crippen LogP contribution in [0.15, 0.2) is 60.7 Å². The maximum atomic E-state index is 11.5. The Morgan fingerprint density at radius 3 is 2.87 bits per heavy atom. The first-order valence-electron chi connectivity index (χ1n) is 11.5. The number of hydrogen-bond donors (Lipinski definition) is 2. The fourth-order valence-corrected chi connectivity index (χ4v) is 4.70. The van der Waals surface area contributed by atoms with Gasteiger partial charge in [-0.25, -0.2) is 0 Å². The van der Waals surface area contributed by atoms with Gasteiger partial charge in [0.15, 0.2) is 0 Å². The molecule has 2 N–H and O–H groups in total. The molecule has 1 heterocycles. The molecule has 160 valence electrons. The fraction of sp³-hybridized carbons (Fsp3) is 0.370. The summed E-state index contributed by atoms with van der Waals surface area (Å²) in [5, 5.41) is 9.33. The van der Waals surface area contributed by atoms with Gasteiger partial charge < -0.3 is 15.4 Å². The monoisotopic (exact) mass is 414 g/mol. The smallest absolute Gasteiger partial charge is 0.224 e. The highest BCUT2D eigenvalue weighted by molar-refractivity contribution is 5.94. The average Bonchev–Trinajstić information content (AvgIpc) is 3.57. The Labute approximate surface area is 184 Å². The molecule has 1 aliphatic heterocycles. The van der Waals surface area contributed by atoms with Crippen LogP contribution in [-0.2, 0) is 11.2 Å². The normalized spacial score (nSPS) is 19.7. The van der Waals surface area contributed by atoms with Crippen molar-refractivity contribution in [2.45, 2.75) is 38.0 Å². The summed E-state index contributed by atoms with van der Waals surface area (Å²) in [5.41, 5.74) is 3.61. The molecular weight excluding hydrogens is 384 g/mol. The van der Waals surface area contributed by atoms with E-state index in [1.807, 2.05) is 12.1 Å². The summed E-state index contributed by atoms with van der Waals surface area (Å²) in [6.45, 7) is 2.83. The molecule has 1 fully saturated rings. The molecule has 0 saturated heterocycles. The summed E-state index contributed by atoms with van der Waals surface area (Å²) >= 11 is 0. The largest absolute Gasteiger partial charge is 0.494 e. The number of benzene rings is 3. The van der Waals surface area contributed by atoms with Crippen molar-refractivity contribution >= 4 is 22.4 Å². The molecule has 0 aromatic heterocycles. The van der Waals surface area contributed by atoms with Crippen LogP contribution in [0, 0.1) is 5.92 Å². The Morgan fingerprint density at radius 1 is 1.00 bits per heavy atom. The van der Waals surface area contributed by atoms with Gasteiger partial charge in [-0.2, -0.15) is 0 Å². The number of carbonyl (C=O) groups excluding carboxylic acids is 1. The predicted octanol–water partition coefficient (Wildman–Crippen LogP) is 5.28. The average molecular weight is 415 g/mol. The van der Waals surface area contributed by atoms with Gasteiger partial charge >= 0.3 is 0 Å². The zero-order valence-corrected chi connectivity index (χ0v) is 17.9. The first-order chi connectivity index (χ1) is 15.3. The van der Waals surface area contributed by atoms with Crippen LogP contribution < -0.4 is 15.4 Å². The number of nitrogens with one attached hydrogen (secondary N) is 2. The number of fused-ring (bicyclic) bond motifs is 2. The van der Waals surface area contributed by atoms with Gasteiger partial charge in [-0.05, 0) is 78.6 Å². The number of unbranched alkanes of at least 4 members (excludes halogenated alkanes) is 1. The maximum absolute atomic E-state index is 11.5. The lowest BCUT2D eigenvalue weighted by Crippen LogP contribution is -2.19. The molecule has 0 radical (unpaired) electrons. The van der Waals surface area contributed by atoms with Crippen molar-refractivity contribution in [2.75, 3.05) is 25.0 Å². The van der Waals surface area contributed by atoms with E-state index in [1.165, 1.54) is 28.3 Å². The third kappa shape index (κ3) is 4.75. The number of ether oxygens (including phenoxy) is 1. The molecule has 4 heteroatoms. The van der Waals surface area contributed by atoms with E-state index in [9.17, 15) is 4.79 Å². The molecule has 3 aromatic rings. The zero-order chi connectivity index (χ0) is 21.0. The number of hydrogen-bond acceptors (Lipinski definition) is 3. The summed E-state index contributed by atoms with van der Waals surface area (Å²) in [7, 11) is 0. The zero-order valence-electron chi connectivity index (χ0n) is 17.9. The van der Waals surface area contributed by atoms with Crippen LogP contribution in [0.5, 0.6) is 5.75 Å². The van der Waals surface area contributed by atoms with E-state index in [1.54, 1.807) is 0 Å². The number of rotatable bonds is 9. The van der Waals surface area contributed by atoms with Gasteiger partial charge in [-0.15, -0.1) is 0 Å². The Balaban J connectivity index is 0.999. The van der Waals surface area contributed by atoms with Crippen LogP contribution in [0.3, 0.4) is 0 Å². The number of anilines is 1. The van der Waals surface area contributed by atoms with Gasteiger partial charge in [0.05, 0.1) is 6.61 Å². The molecule has 1 amide bonds. The highest BCUT2D eigenvalue weighted by atomic mass is 16.5. The molecule has 5 rings (SSSR count). The Bertz CT molecular complexity index is 1070. The molecule has 1 saturated carbocycles. The van der Waals surface area contributed by atoms with Crippen molar-refractivity contribution in [3.8, 4) is 5.75 Å². The Morgan fingerprint density at radius 2 is 1.90 bits per heavy atom. The van der Waals surface area contributed by atoms with E-state index >= 15 is 0 Å². The quantitative estimate of drug-likeness (QED) is 0.469. The van der Waals surface area contributed by atoms with E-state index in [0.29, 0.717) is 18.9 Å². The molecule has 0 spiro atoms. The maximum Gasteiger partial charge on any atom is 0.224 e. The van der Waals surface area contributed by atoms with Crippen LogP contribution in [0.25, 0.3) is 10.8 Å². The van der Waals surface area contributed by atoms with E-state index in [4.69, 9.17) is 4.74 Å². The van der Waals surface area contributed by atoms with Gasteiger partial charge in [0.2, 0.25) is 5.91 Å². The number of aryl methyl sites for hydroxylation is 1. The second-order valence-electron chi connectivity index (χ2n) is 8.80. The third-order valence-corrected chi connectivity index (χ3v) is 6.55. The lowest BCUT2D eigenvalue weighted by Gasteiger charge is -2.17. The topological polar surface area (TPSA) is 50.4 Å². The van der Waals surface area contributed by atoms with Crippen LogP contribution >= 0.6 is 0 Å². The molecule has 0 bridgehead atoms. The molecule has 1 aliphatic carbocycles. The second-order valence-corrected chi connectivity index (χ2v) is 8.80. The van der Waals surface area contributed by atoms with Crippen molar-refractivity contribution in [3.63, 3.8) is 0 Å². The highest BCUT2D eigenvalue weighted by Crippen LogP contribution is 2.48. The predicted molar refractivity (Wildman–Crippen MR) is 126 cm³/mol. The second kappa shape index (κ2) is 9.11. The highest BCUT2D eigenvalue weighted by Gasteiger charge is 2.38. The molecule has 2 unspecified atom stereocenters. The van der Waals surface area contributed by atoms with Gasteiger partial charge in [0.1, 0.15) is 5.75 Å². The molecule has 3 aromatic carbocycles. The van der Waals surface area contributed by atoms with Crippen LogP contribution in [0.1, 0.15) is 42.7 Å². The van der Waals surface area contributed by atoms with Crippen molar-refractivity contribution in [1.29, 1.82) is 0 Å². The Kier molecular flexibility index (Phi) is 5.90. The standard InChI is InChI=1S/C27H30N2O2/c30-27-13-11-20-10-12-22(17-26(20)29-27)31-15-4-3-14-28-18-21-16-25(21)24-9-5-7-19-6-1-2-8-23(19)24/h1-2,5-10,12,17,21,25,28H,3-4,11,13-16,18H2,(H,29,30). The van der Waals surface area contributed by atoms with E-state index < -0.39 is 0 Å². The van der Waals surface area contributed by atoms with Gasteiger partial charge in [0.25, 0.3) is 0 Å². The number of amides is 1. The van der Waals surface area contributed by atoms with E-state index in [0.717, 1.165) is 49.7 Å². The van der Waals surface area contributed by atoms with Crippen LogP contribution in [-0.4, -0.2) is 25.6 Å². The molecule has 31 heavy (non-hydrogen) atoms. The van der Waals surface area contributed by atoms with E-state index in [2.05, 4.69) is 59.2 Å². The van der Waals surface area contributed by atoms with Gasteiger partial charge in [-0.3, -0.25) is 4.79 Å². The van der Waals surface area contributed by atoms with E-state index in [-0.39, 0.29) is 5.91 Å². The fourth-order valence-electron chi connectivity index (χ4n) is 4.70. The van der Waals surface area contributed by atoms with Crippen molar-refractivity contribution in [2.24, 2.45) is 5.92 Å². The number of carbonyl (C=O) groups is 1. The SMILES string of the molecule is O=C1CCc2ccc(OCCCCNCC3CC3c3cccc4ccccc34)cc2N1. The molecular formula is C27H30N2O2. The third-order valence-electron chi connectivity index (χ3n) is 6.55. The summed E-state index contributed by atoms with van der Waals surface area (Å²) in [5.74, 6) is 2.39. The summed E-state index contributed by atoms with van der Waals surface area (Å²) in [6.07, 6.45) is 4.80. The van der Waals surface area contributed by atoms with Gasteiger partial charge in [0, 0.05) is 18.2 Å². The molecule has 4 nitrogen and oxygen atoms in total. The summed E-state index contributed by atoms with van der Waals surface area (Å²) < 4.78 is 5.88. The molecule has 2 aliphatic rings. The minimum absolute atomic E-state index is 0.0917. The van der Waals surface area contributed by atoms with Crippen molar-refractivity contribution < 1.29 is 9.53 Å². The lowest BCUT2D eigenvalue weighted by molar-refractivity contribution is -0.116. The Hall–Kier alpha value is -2.85. The van der Waals surface area contributed by atoms with Crippen LogP contribution in [0.4, 0.5) is 5.69 Å².